The largest absolute Gasteiger partial charge is 0.317 e. The monoisotopic (exact) mass is 213 g/mol. The highest BCUT2D eigenvalue weighted by molar-refractivity contribution is 4.65. The van der Waals surface area contributed by atoms with E-state index in [9.17, 15) is 0 Å². The van der Waals surface area contributed by atoms with Gasteiger partial charge in [-0.05, 0) is 50.1 Å². The van der Waals surface area contributed by atoms with Gasteiger partial charge in [0.1, 0.15) is 0 Å². The topological polar surface area (TPSA) is 12.0 Å². The molecule has 0 aromatic carbocycles. The molecule has 0 rings (SSSR count). The Morgan fingerprint density at radius 2 is 1.60 bits per heavy atom. The van der Waals surface area contributed by atoms with Gasteiger partial charge >= 0.3 is 0 Å². The molecule has 0 bridgehead atoms. The Morgan fingerprint density at radius 3 is 2.07 bits per heavy atom. The molecule has 0 saturated heterocycles. The summed E-state index contributed by atoms with van der Waals surface area (Å²) in [6.07, 6.45) is 5.55. The SMILES string of the molecule is CCNCCCC(CCC(C)C)C(C)C. The summed E-state index contributed by atoms with van der Waals surface area (Å²) in [5, 5.41) is 3.41. The fraction of sp³-hybridized carbons (Fsp3) is 1.00. The van der Waals surface area contributed by atoms with E-state index in [0.29, 0.717) is 0 Å². The lowest BCUT2D eigenvalue weighted by Crippen LogP contribution is -2.17. The van der Waals surface area contributed by atoms with Crippen LogP contribution in [0.2, 0.25) is 0 Å². The maximum absolute atomic E-state index is 3.41. The highest BCUT2D eigenvalue weighted by atomic mass is 14.8. The lowest BCUT2D eigenvalue weighted by atomic mass is 9.85. The molecule has 0 spiro atoms. The molecule has 1 atom stereocenters. The van der Waals surface area contributed by atoms with E-state index in [4.69, 9.17) is 0 Å². The minimum absolute atomic E-state index is 0.852. The Balaban J connectivity index is 3.64. The van der Waals surface area contributed by atoms with Crippen LogP contribution in [0, 0.1) is 17.8 Å². The standard InChI is InChI=1S/C14H31N/c1-6-15-11-7-8-14(13(4)5)10-9-12(2)3/h12-15H,6-11H2,1-5H3. The summed E-state index contributed by atoms with van der Waals surface area (Å²) in [7, 11) is 0. The van der Waals surface area contributed by atoms with E-state index in [0.717, 1.165) is 24.3 Å². The van der Waals surface area contributed by atoms with Crippen molar-refractivity contribution in [2.45, 2.75) is 60.3 Å². The molecule has 1 heteroatoms. The molecule has 0 aromatic rings. The van der Waals surface area contributed by atoms with E-state index in [2.05, 4.69) is 39.9 Å². The first-order valence-corrected chi connectivity index (χ1v) is 6.78. The van der Waals surface area contributed by atoms with Gasteiger partial charge in [-0.15, -0.1) is 0 Å². The first kappa shape index (κ1) is 15.0. The summed E-state index contributed by atoms with van der Waals surface area (Å²) in [6.45, 7) is 13.9. The maximum atomic E-state index is 3.41. The quantitative estimate of drug-likeness (QED) is 0.569. The van der Waals surface area contributed by atoms with Crippen molar-refractivity contribution in [1.29, 1.82) is 0 Å². The molecule has 0 heterocycles. The van der Waals surface area contributed by atoms with E-state index < -0.39 is 0 Å². The molecular weight excluding hydrogens is 182 g/mol. The molecule has 0 aliphatic carbocycles. The van der Waals surface area contributed by atoms with Gasteiger partial charge in [-0.3, -0.25) is 0 Å². The van der Waals surface area contributed by atoms with Crippen molar-refractivity contribution in [3.05, 3.63) is 0 Å². The first-order chi connectivity index (χ1) is 7.07. The van der Waals surface area contributed by atoms with E-state index in [-0.39, 0.29) is 0 Å². The average molecular weight is 213 g/mol. The highest BCUT2D eigenvalue weighted by Gasteiger charge is 2.13. The van der Waals surface area contributed by atoms with E-state index in [1.54, 1.807) is 0 Å². The van der Waals surface area contributed by atoms with Gasteiger partial charge in [-0.1, -0.05) is 41.0 Å². The fourth-order valence-electron chi connectivity index (χ4n) is 2.02. The van der Waals surface area contributed by atoms with Gasteiger partial charge in [0.15, 0.2) is 0 Å². The normalized spacial score (nSPS) is 13.8. The molecule has 1 nitrogen and oxygen atoms in total. The van der Waals surface area contributed by atoms with Crippen molar-refractivity contribution < 1.29 is 0 Å². The summed E-state index contributed by atoms with van der Waals surface area (Å²) in [6, 6.07) is 0. The Hall–Kier alpha value is -0.0400. The number of nitrogens with one attached hydrogen (secondary N) is 1. The zero-order chi connectivity index (χ0) is 11.7. The molecule has 0 radical (unpaired) electrons. The Morgan fingerprint density at radius 1 is 0.933 bits per heavy atom. The van der Waals surface area contributed by atoms with Crippen molar-refractivity contribution >= 4 is 0 Å². The molecule has 0 aromatic heterocycles. The first-order valence-electron chi connectivity index (χ1n) is 6.78. The van der Waals surface area contributed by atoms with E-state index in [1.165, 1.54) is 32.2 Å². The minimum atomic E-state index is 0.852. The Bertz CT molecular complexity index is 129. The van der Waals surface area contributed by atoms with Crippen molar-refractivity contribution in [1.82, 2.24) is 5.32 Å². The molecule has 0 fully saturated rings. The second-order valence-corrected chi connectivity index (χ2v) is 5.47. The summed E-state index contributed by atoms with van der Waals surface area (Å²) < 4.78 is 0. The number of rotatable bonds is 9. The van der Waals surface area contributed by atoms with Gasteiger partial charge in [0, 0.05) is 0 Å². The van der Waals surface area contributed by atoms with Crippen LogP contribution in [0.4, 0.5) is 0 Å². The molecule has 1 unspecified atom stereocenters. The van der Waals surface area contributed by atoms with Crippen LogP contribution in [0.3, 0.4) is 0 Å². The fourth-order valence-corrected chi connectivity index (χ4v) is 2.02. The second-order valence-electron chi connectivity index (χ2n) is 5.47. The van der Waals surface area contributed by atoms with Gasteiger partial charge in [0.05, 0.1) is 0 Å². The van der Waals surface area contributed by atoms with Crippen LogP contribution in [0.25, 0.3) is 0 Å². The molecular formula is C14H31N. The summed E-state index contributed by atoms with van der Waals surface area (Å²) in [4.78, 5) is 0. The maximum Gasteiger partial charge on any atom is -0.00489 e. The van der Waals surface area contributed by atoms with E-state index in [1.807, 2.05) is 0 Å². The zero-order valence-electron chi connectivity index (χ0n) is 11.5. The van der Waals surface area contributed by atoms with Crippen molar-refractivity contribution in [3.63, 3.8) is 0 Å². The van der Waals surface area contributed by atoms with Crippen LogP contribution in [-0.2, 0) is 0 Å². The number of hydrogen-bond acceptors (Lipinski definition) is 1. The van der Waals surface area contributed by atoms with Crippen LogP contribution >= 0.6 is 0 Å². The summed E-state index contributed by atoms with van der Waals surface area (Å²) in [5.74, 6) is 2.65. The number of hydrogen-bond donors (Lipinski definition) is 1. The molecule has 1 N–H and O–H groups in total. The third kappa shape index (κ3) is 8.92. The molecule has 92 valence electrons. The summed E-state index contributed by atoms with van der Waals surface area (Å²) >= 11 is 0. The van der Waals surface area contributed by atoms with Crippen molar-refractivity contribution in [3.8, 4) is 0 Å². The van der Waals surface area contributed by atoms with Crippen molar-refractivity contribution in [2.75, 3.05) is 13.1 Å². The second kappa shape index (κ2) is 9.21. The lowest BCUT2D eigenvalue weighted by molar-refractivity contribution is 0.305. The molecule has 15 heavy (non-hydrogen) atoms. The molecule has 0 aliphatic rings. The Kier molecular flexibility index (Phi) is 9.18. The third-order valence-electron chi connectivity index (χ3n) is 3.24. The lowest BCUT2D eigenvalue weighted by Gasteiger charge is -2.21. The van der Waals surface area contributed by atoms with Gasteiger partial charge in [-0.25, -0.2) is 0 Å². The third-order valence-corrected chi connectivity index (χ3v) is 3.24. The van der Waals surface area contributed by atoms with Crippen LogP contribution in [-0.4, -0.2) is 13.1 Å². The minimum Gasteiger partial charge on any atom is -0.317 e. The predicted octanol–water partition coefficient (Wildman–Crippen LogP) is 4.08. The molecule has 0 aliphatic heterocycles. The van der Waals surface area contributed by atoms with Gasteiger partial charge in [0.2, 0.25) is 0 Å². The van der Waals surface area contributed by atoms with Gasteiger partial charge in [-0.2, -0.15) is 0 Å². The Labute approximate surface area is 97.0 Å². The van der Waals surface area contributed by atoms with Crippen molar-refractivity contribution in [2.24, 2.45) is 17.8 Å². The predicted molar refractivity (Wildman–Crippen MR) is 70.2 cm³/mol. The van der Waals surface area contributed by atoms with Crippen LogP contribution in [0.15, 0.2) is 0 Å². The highest BCUT2D eigenvalue weighted by Crippen LogP contribution is 2.24. The van der Waals surface area contributed by atoms with Gasteiger partial charge < -0.3 is 5.32 Å². The smallest absolute Gasteiger partial charge is 0.00489 e. The van der Waals surface area contributed by atoms with Crippen LogP contribution in [0.5, 0.6) is 0 Å². The average Bonchev–Trinajstić information content (AvgIpc) is 2.15. The van der Waals surface area contributed by atoms with Crippen LogP contribution in [0.1, 0.15) is 60.3 Å². The summed E-state index contributed by atoms with van der Waals surface area (Å²) in [5.41, 5.74) is 0. The van der Waals surface area contributed by atoms with Gasteiger partial charge in [0.25, 0.3) is 0 Å². The molecule has 0 saturated carbocycles. The zero-order valence-corrected chi connectivity index (χ0v) is 11.5. The molecule has 0 amide bonds. The van der Waals surface area contributed by atoms with E-state index >= 15 is 0 Å². The van der Waals surface area contributed by atoms with Crippen LogP contribution < -0.4 is 5.32 Å².